The van der Waals surface area contributed by atoms with Crippen molar-refractivity contribution in [1.29, 1.82) is 0 Å². The Balaban J connectivity index is 1.70. The highest BCUT2D eigenvalue weighted by atomic mass is 14.9. The first kappa shape index (κ1) is 19.1. The zero-order chi connectivity index (χ0) is 17.9. The van der Waals surface area contributed by atoms with Crippen LogP contribution >= 0.6 is 0 Å². The van der Waals surface area contributed by atoms with Gasteiger partial charge in [0.15, 0.2) is 0 Å². The Bertz CT molecular complexity index is 661. The van der Waals surface area contributed by atoms with Crippen LogP contribution in [-0.2, 0) is 13.1 Å². The van der Waals surface area contributed by atoms with Gasteiger partial charge in [-0.25, -0.2) is 0 Å². The summed E-state index contributed by atoms with van der Waals surface area (Å²) in [4.78, 5) is 0. The molecular formula is C22H29N3. The third-order valence-electron chi connectivity index (χ3n) is 4.26. The summed E-state index contributed by atoms with van der Waals surface area (Å²) in [5.41, 5.74) is 10.7. The summed E-state index contributed by atoms with van der Waals surface area (Å²) in [5, 5.41) is 7.00. The van der Waals surface area contributed by atoms with Gasteiger partial charge in [-0.2, -0.15) is 0 Å². The van der Waals surface area contributed by atoms with Crippen LogP contribution in [0.1, 0.15) is 22.3 Å². The van der Waals surface area contributed by atoms with Crippen molar-refractivity contribution in [2.45, 2.75) is 13.1 Å². The Hall–Kier alpha value is -2.20. The van der Waals surface area contributed by atoms with Gasteiger partial charge in [0.05, 0.1) is 0 Å². The monoisotopic (exact) mass is 335 g/mol. The van der Waals surface area contributed by atoms with Crippen LogP contribution in [0.3, 0.4) is 0 Å². The Morgan fingerprint density at radius 2 is 1.48 bits per heavy atom. The molecule has 25 heavy (non-hydrogen) atoms. The lowest BCUT2D eigenvalue weighted by atomic mass is 10.1. The van der Waals surface area contributed by atoms with Crippen LogP contribution < -0.4 is 16.4 Å². The molecule has 0 fully saturated rings. The number of benzene rings is 2. The van der Waals surface area contributed by atoms with Crippen molar-refractivity contribution in [2.24, 2.45) is 11.7 Å². The quantitative estimate of drug-likeness (QED) is 0.590. The molecule has 0 radical (unpaired) electrons. The van der Waals surface area contributed by atoms with Gasteiger partial charge in [0, 0.05) is 26.2 Å². The van der Waals surface area contributed by atoms with Gasteiger partial charge in [-0.15, -0.1) is 0 Å². The van der Waals surface area contributed by atoms with Crippen molar-refractivity contribution >= 4 is 12.2 Å². The van der Waals surface area contributed by atoms with E-state index in [1.54, 1.807) is 0 Å². The molecule has 0 aliphatic rings. The fourth-order valence-electron chi connectivity index (χ4n) is 2.68. The fraction of sp³-hybridized carbons (Fsp3) is 0.273. The highest BCUT2D eigenvalue weighted by Crippen LogP contribution is 2.07. The maximum Gasteiger partial charge on any atom is 0.0205 e. The molecule has 3 heteroatoms. The maximum atomic E-state index is 5.91. The number of nitrogens with two attached hydrogens (primary N) is 1. The molecule has 2 aromatic carbocycles. The first-order valence-corrected chi connectivity index (χ1v) is 8.79. The van der Waals surface area contributed by atoms with Crippen molar-refractivity contribution in [3.05, 3.63) is 83.9 Å². The minimum absolute atomic E-state index is 0.412. The second kappa shape index (κ2) is 10.6. The van der Waals surface area contributed by atoms with E-state index >= 15 is 0 Å². The van der Waals surface area contributed by atoms with Crippen molar-refractivity contribution < 1.29 is 0 Å². The molecule has 0 amide bonds. The molecule has 132 valence electrons. The highest BCUT2D eigenvalue weighted by molar-refractivity contribution is 5.48. The minimum atomic E-state index is 0.412. The normalized spacial score (nSPS) is 11.9. The van der Waals surface area contributed by atoms with Crippen LogP contribution in [0, 0.1) is 5.92 Å². The van der Waals surface area contributed by atoms with Gasteiger partial charge in [0.1, 0.15) is 0 Å². The van der Waals surface area contributed by atoms with E-state index in [0.29, 0.717) is 12.5 Å². The summed E-state index contributed by atoms with van der Waals surface area (Å²) in [6.07, 6.45) is 3.73. The summed E-state index contributed by atoms with van der Waals surface area (Å²) < 4.78 is 0. The number of rotatable bonds is 11. The third kappa shape index (κ3) is 6.67. The van der Waals surface area contributed by atoms with Crippen LogP contribution in [0.4, 0.5) is 0 Å². The zero-order valence-corrected chi connectivity index (χ0v) is 14.9. The second-order valence-electron chi connectivity index (χ2n) is 6.26. The Labute approximate surface area is 151 Å². The van der Waals surface area contributed by atoms with Gasteiger partial charge in [-0.1, -0.05) is 73.8 Å². The lowest BCUT2D eigenvalue weighted by molar-refractivity contribution is 0.448. The van der Waals surface area contributed by atoms with E-state index in [0.717, 1.165) is 37.3 Å². The van der Waals surface area contributed by atoms with E-state index in [-0.39, 0.29) is 0 Å². The number of nitrogens with one attached hydrogen (secondary N) is 2. The molecule has 0 saturated heterocycles. The summed E-state index contributed by atoms with van der Waals surface area (Å²) in [6, 6.07) is 16.8. The molecule has 0 aliphatic heterocycles. The lowest BCUT2D eigenvalue weighted by Crippen LogP contribution is -2.35. The van der Waals surface area contributed by atoms with Crippen LogP contribution in [0.5, 0.6) is 0 Å². The topological polar surface area (TPSA) is 50.1 Å². The summed E-state index contributed by atoms with van der Waals surface area (Å²) in [6.45, 7) is 11.8. The molecule has 0 saturated carbocycles. The molecular weight excluding hydrogens is 306 g/mol. The maximum absolute atomic E-state index is 5.91. The van der Waals surface area contributed by atoms with Crippen LogP contribution in [0.2, 0.25) is 0 Å². The average molecular weight is 335 g/mol. The Morgan fingerprint density at radius 3 is 2.08 bits per heavy atom. The first-order chi connectivity index (χ1) is 12.2. The Morgan fingerprint density at radius 1 is 0.840 bits per heavy atom. The van der Waals surface area contributed by atoms with Gasteiger partial charge >= 0.3 is 0 Å². The van der Waals surface area contributed by atoms with Crippen molar-refractivity contribution in [2.75, 3.05) is 19.6 Å². The van der Waals surface area contributed by atoms with Crippen LogP contribution in [0.15, 0.2) is 61.7 Å². The molecule has 4 N–H and O–H groups in total. The smallest absolute Gasteiger partial charge is 0.0205 e. The van der Waals surface area contributed by atoms with E-state index in [9.17, 15) is 0 Å². The van der Waals surface area contributed by atoms with Crippen LogP contribution in [0.25, 0.3) is 12.2 Å². The molecule has 0 aliphatic carbocycles. The minimum Gasteiger partial charge on any atom is -0.330 e. The molecule has 0 bridgehead atoms. The standard InChI is InChI=1S/C22H29N3/c1-3-18-8-10-20(11-9-18)14-24-16-22(13-23)17-25-15-21-7-5-6-19(4-2)12-21/h3-12,22,24-25H,1-2,13-17,23H2. The summed E-state index contributed by atoms with van der Waals surface area (Å²) in [7, 11) is 0. The number of hydrogen-bond acceptors (Lipinski definition) is 3. The van der Waals surface area contributed by atoms with E-state index in [1.807, 2.05) is 12.2 Å². The van der Waals surface area contributed by atoms with Gasteiger partial charge in [0.2, 0.25) is 0 Å². The zero-order valence-electron chi connectivity index (χ0n) is 14.9. The average Bonchev–Trinajstić information content (AvgIpc) is 2.67. The molecule has 0 spiro atoms. The molecule has 3 nitrogen and oxygen atoms in total. The van der Waals surface area contributed by atoms with E-state index in [1.165, 1.54) is 11.1 Å². The Kier molecular flexibility index (Phi) is 8.13. The number of hydrogen-bond donors (Lipinski definition) is 3. The fourth-order valence-corrected chi connectivity index (χ4v) is 2.68. The van der Waals surface area contributed by atoms with Crippen molar-refractivity contribution in [3.8, 4) is 0 Å². The molecule has 1 atom stereocenters. The van der Waals surface area contributed by atoms with Crippen molar-refractivity contribution in [1.82, 2.24) is 10.6 Å². The summed E-state index contributed by atoms with van der Waals surface area (Å²) >= 11 is 0. The first-order valence-electron chi connectivity index (χ1n) is 8.79. The van der Waals surface area contributed by atoms with Crippen molar-refractivity contribution in [3.63, 3.8) is 0 Å². The highest BCUT2D eigenvalue weighted by Gasteiger charge is 2.06. The molecule has 0 aromatic heterocycles. The molecule has 2 rings (SSSR count). The molecule has 0 heterocycles. The predicted molar refractivity (Wildman–Crippen MR) is 109 cm³/mol. The van der Waals surface area contributed by atoms with E-state index < -0.39 is 0 Å². The predicted octanol–water partition coefficient (Wildman–Crippen LogP) is 3.43. The SMILES string of the molecule is C=Cc1ccc(CNCC(CN)CNCc2cccc(C=C)c2)cc1. The van der Waals surface area contributed by atoms with Gasteiger partial charge < -0.3 is 16.4 Å². The van der Waals surface area contributed by atoms with Gasteiger partial charge in [-0.3, -0.25) is 0 Å². The van der Waals surface area contributed by atoms with E-state index in [4.69, 9.17) is 5.73 Å². The van der Waals surface area contributed by atoms with E-state index in [2.05, 4.69) is 72.3 Å². The second-order valence-corrected chi connectivity index (χ2v) is 6.26. The van der Waals surface area contributed by atoms with Crippen LogP contribution in [-0.4, -0.2) is 19.6 Å². The molecule has 2 aromatic rings. The lowest BCUT2D eigenvalue weighted by Gasteiger charge is -2.17. The van der Waals surface area contributed by atoms with Gasteiger partial charge in [-0.05, 0) is 34.7 Å². The van der Waals surface area contributed by atoms with Gasteiger partial charge in [0.25, 0.3) is 0 Å². The third-order valence-corrected chi connectivity index (χ3v) is 4.26. The largest absolute Gasteiger partial charge is 0.330 e. The molecule has 1 unspecified atom stereocenters. The summed E-state index contributed by atoms with van der Waals surface area (Å²) in [5.74, 6) is 0.412.